The number of rotatable bonds is 8. The van der Waals surface area contributed by atoms with Gasteiger partial charge in [0.25, 0.3) is 5.56 Å². The average molecular weight is 420 g/mol. The maximum Gasteiger partial charge on any atom is 0.328 e. The molecule has 0 spiro atoms. The summed E-state index contributed by atoms with van der Waals surface area (Å²) in [6.07, 6.45) is 3.39. The summed E-state index contributed by atoms with van der Waals surface area (Å²) in [5.41, 5.74) is 1.77. The van der Waals surface area contributed by atoms with Gasteiger partial charge in [0.2, 0.25) is 0 Å². The quantitative estimate of drug-likeness (QED) is 0.610. The Bertz CT molecular complexity index is 1080. The molecule has 4 rings (SSSR count). The van der Waals surface area contributed by atoms with Crippen LogP contribution in [0.2, 0.25) is 0 Å². The zero-order valence-electron chi connectivity index (χ0n) is 17.8. The fraction of sp³-hybridized carbons (Fsp3) is 0.360. The third-order valence-electron chi connectivity index (χ3n) is 6.01. The molecular weight excluding hydrogens is 390 g/mol. The van der Waals surface area contributed by atoms with Crippen molar-refractivity contribution < 1.29 is 4.74 Å². The van der Waals surface area contributed by atoms with Crippen LogP contribution in [0.1, 0.15) is 24.5 Å². The van der Waals surface area contributed by atoms with Gasteiger partial charge in [-0.05, 0) is 30.9 Å². The summed E-state index contributed by atoms with van der Waals surface area (Å²) in [5, 5.41) is 0. The third-order valence-corrected chi connectivity index (χ3v) is 6.01. The van der Waals surface area contributed by atoms with Gasteiger partial charge in [-0.2, -0.15) is 0 Å². The summed E-state index contributed by atoms with van der Waals surface area (Å²) in [4.78, 5) is 28.6. The number of likely N-dealkylation sites (tertiary alicyclic amines) is 1. The number of nitrogens with zero attached hydrogens (tertiary/aromatic N) is 2. The van der Waals surface area contributed by atoms with Crippen LogP contribution >= 0.6 is 0 Å². The molecule has 1 saturated heterocycles. The van der Waals surface area contributed by atoms with Crippen molar-refractivity contribution in [3.63, 3.8) is 0 Å². The minimum atomic E-state index is -0.372. The van der Waals surface area contributed by atoms with Gasteiger partial charge in [0.1, 0.15) is 0 Å². The Morgan fingerprint density at radius 2 is 1.65 bits per heavy atom. The summed E-state index contributed by atoms with van der Waals surface area (Å²) in [6, 6.07) is 22.6. The number of hydrogen-bond acceptors (Lipinski definition) is 4. The molecule has 0 unspecified atom stereocenters. The van der Waals surface area contributed by atoms with Crippen molar-refractivity contribution in [1.29, 1.82) is 0 Å². The van der Waals surface area contributed by atoms with Crippen LogP contribution in [0.5, 0.6) is 0 Å². The van der Waals surface area contributed by atoms with Crippen LogP contribution in [0.4, 0.5) is 0 Å². The van der Waals surface area contributed by atoms with Crippen molar-refractivity contribution in [1.82, 2.24) is 14.5 Å². The van der Waals surface area contributed by atoms with Crippen molar-refractivity contribution in [2.24, 2.45) is 0 Å². The van der Waals surface area contributed by atoms with Gasteiger partial charge in [-0.1, -0.05) is 60.7 Å². The predicted molar refractivity (Wildman–Crippen MR) is 121 cm³/mol. The fourth-order valence-corrected chi connectivity index (χ4v) is 4.58. The summed E-state index contributed by atoms with van der Waals surface area (Å²) in [7, 11) is 0. The van der Waals surface area contributed by atoms with E-state index in [2.05, 4.69) is 58.4 Å². The van der Waals surface area contributed by atoms with E-state index in [0.717, 1.165) is 19.4 Å². The molecule has 1 aliphatic rings. The van der Waals surface area contributed by atoms with Gasteiger partial charge >= 0.3 is 5.69 Å². The first-order chi connectivity index (χ1) is 15.1. The Labute approximate surface area is 182 Å². The minimum Gasteiger partial charge on any atom is -0.377 e. The molecule has 2 heterocycles. The lowest BCUT2D eigenvalue weighted by molar-refractivity contribution is 0.0318. The second kappa shape index (κ2) is 9.90. The lowest BCUT2D eigenvalue weighted by Crippen LogP contribution is -2.43. The van der Waals surface area contributed by atoms with Gasteiger partial charge in [0.15, 0.2) is 0 Å². The van der Waals surface area contributed by atoms with E-state index >= 15 is 0 Å². The van der Waals surface area contributed by atoms with Crippen molar-refractivity contribution in [2.45, 2.75) is 51.0 Å². The highest BCUT2D eigenvalue weighted by molar-refractivity contribution is 5.19. The topological polar surface area (TPSA) is 67.3 Å². The first kappa shape index (κ1) is 21.3. The molecule has 3 aromatic rings. The van der Waals surface area contributed by atoms with E-state index in [1.165, 1.54) is 17.2 Å². The van der Waals surface area contributed by atoms with Crippen LogP contribution in [0.3, 0.4) is 0 Å². The lowest BCUT2D eigenvalue weighted by atomic mass is 10.0. The van der Waals surface area contributed by atoms with Crippen LogP contribution in [0, 0.1) is 0 Å². The third kappa shape index (κ3) is 5.21. The van der Waals surface area contributed by atoms with Gasteiger partial charge in [0, 0.05) is 44.0 Å². The summed E-state index contributed by atoms with van der Waals surface area (Å²) >= 11 is 0. The molecule has 0 amide bonds. The normalized spacial score (nSPS) is 21.4. The van der Waals surface area contributed by atoms with Crippen LogP contribution in [-0.4, -0.2) is 39.2 Å². The molecule has 6 heteroatoms. The number of ether oxygens (including phenoxy) is 1. The molecule has 1 aliphatic heterocycles. The number of hydrogen-bond donors (Lipinski definition) is 1. The minimum absolute atomic E-state index is 0.0809. The maximum absolute atomic E-state index is 12.3. The first-order valence-electron chi connectivity index (χ1n) is 10.9. The highest BCUT2D eigenvalue weighted by Crippen LogP contribution is 2.32. The SMILES string of the molecule is CCO[C@@H]1C[C@H](Cn2ccc(=O)[nH]c2=O)N(Cc2ccccc2)[C@H]1Cc1ccccc1. The standard InChI is InChI=1S/C25H29N3O3/c1-2-31-23-16-21(18-27-14-13-24(29)26-25(27)30)28(17-20-11-7-4-8-12-20)22(23)15-19-9-5-3-6-10-19/h3-14,21-23H,2,15-18H2,1H3,(H,26,29,30)/t21-,22+,23-/m1/s1. The van der Waals surface area contributed by atoms with Crippen molar-refractivity contribution in [3.05, 3.63) is 105 Å². The number of H-pyrrole nitrogens is 1. The lowest BCUT2D eigenvalue weighted by Gasteiger charge is -2.32. The molecule has 0 bridgehead atoms. The average Bonchev–Trinajstić information content (AvgIpc) is 3.08. The Morgan fingerprint density at radius 1 is 0.968 bits per heavy atom. The summed E-state index contributed by atoms with van der Waals surface area (Å²) < 4.78 is 7.78. The molecule has 6 nitrogen and oxygen atoms in total. The van der Waals surface area contributed by atoms with Gasteiger partial charge in [-0.3, -0.25) is 19.2 Å². The number of nitrogens with one attached hydrogen (secondary N) is 1. The van der Waals surface area contributed by atoms with Crippen molar-refractivity contribution in [2.75, 3.05) is 6.61 Å². The first-order valence-corrected chi connectivity index (χ1v) is 10.9. The molecule has 31 heavy (non-hydrogen) atoms. The Balaban J connectivity index is 1.65. The van der Waals surface area contributed by atoms with Crippen LogP contribution in [0.25, 0.3) is 0 Å². The van der Waals surface area contributed by atoms with Gasteiger partial charge < -0.3 is 4.74 Å². The molecule has 2 aromatic carbocycles. The van der Waals surface area contributed by atoms with Gasteiger partial charge in [-0.15, -0.1) is 0 Å². The number of aromatic nitrogens is 2. The largest absolute Gasteiger partial charge is 0.377 e. The van der Waals surface area contributed by atoms with Crippen LogP contribution in [-0.2, 0) is 24.2 Å². The molecule has 1 N–H and O–H groups in total. The molecule has 1 fully saturated rings. The Morgan fingerprint density at radius 3 is 2.29 bits per heavy atom. The number of benzene rings is 2. The molecule has 3 atom stereocenters. The molecular formula is C25H29N3O3. The van der Waals surface area contributed by atoms with E-state index in [9.17, 15) is 9.59 Å². The van der Waals surface area contributed by atoms with E-state index in [0.29, 0.717) is 13.2 Å². The zero-order chi connectivity index (χ0) is 21.6. The highest BCUT2D eigenvalue weighted by atomic mass is 16.5. The van der Waals surface area contributed by atoms with Gasteiger partial charge in [0.05, 0.1) is 6.10 Å². The van der Waals surface area contributed by atoms with Crippen molar-refractivity contribution >= 4 is 0 Å². The predicted octanol–water partition coefficient (Wildman–Crippen LogP) is 2.83. The Kier molecular flexibility index (Phi) is 6.79. The fourth-order valence-electron chi connectivity index (χ4n) is 4.58. The molecule has 0 radical (unpaired) electrons. The smallest absolute Gasteiger partial charge is 0.328 e. The van der Waals surface area contributed by atoms with Crippen molar-refractivity contribution in [3.8, 4) is 0 Å². The molecule has 0 saturated carbocycles. The van der Waals surface area contributed by atoms with E-state index < -0.39 is 0 Å². The summed E-state index contributed by atoms with van der Waals surface area (Å²) in [5.74, 6) is 0. The van der Waals surface area contributed by atoms with Crippen LogP contribution in [0.15, 0.2) is 82.5 Å². The van der Waals surface area contributed by atoms with Crippen LogP contribution < -0.4 is 11.2 Å². The molecule has 1 aromatic heterocycles. The second-order valence-corrected chi connectivity index (χ2v) is 8.06. The summed E-state index contributed by atoms with van der Waals surface area (Å²) in [6.45, 7) is 3.98. The van der Waals surface area contributed by atoms with E-state index in [4.69, 9.17) is 4.74 Å². The molecule has 162 valence electrons. The second-order valence-electron chi connectivity index (χ2n) is 8.06. The maximum atomic E-state index is 12.3. The Hall–Kier alpha value is -2.96. The van der Waals surface area contributed by atoms with E-state index in [1.54, 1.807) is 10.8 Å². The number of aromatic amines is 1. The monoisotopic (exact) mass is 419 g/mol. The van der Waals surface area contributed by atoms with E-state index in [1.807, 2.05) is 19.1 Å². The molecule has 0 aliphatic carbocycles. The zero-order valence-corrected chi connectivity index (χ0v) is 17.8. The van der Waals surface area contributed by atoms with Gasteiger partial charge in [-0.25, -0.2) is 4.79 Å². The van der Waals surface area contributed by atoms with E-state index in [-0.39, 0.29) is 29.4 Å². The highest BCUT2D eigenvalue weighted by Gasteiger charge is 2.41.